The Bertz CT molecular complexity index is 2020. The van der Waals surface area contributed by atoms with Gasteiger partial charge in [0, 0.05) is 65.3 Å². The molecule has 0 radical (unpaired) electrons. The molecule has 372 valence electrons. The zero-order valence-corrected chi connectivity index (χ0v) is 39.9. The first-order valence-corrected chi connectivity index (χ1v) is 22.7. The van der Waals surface area contributed by atoms with E-state index in [0.717, 1.165) is 6.42 Å². The highest BCUT2D eigenvalue weighted by Gasteiger charge is 2.35. The molecule has 25 heteroatoms. The molecular formula is C42H69ClN16O8. The first-order valence-electron chi connectivity index (χ1n) is 22.7. The van der Waals surface area contributed by atoms with E-state index in [-0.39, 0.29) is 62.2 Å². The van der Waals surface area contributed by atoms with Crippen molar-refractivity contribution < 1.29 is 38.8 Å². The Balaban J connectivity index is 0.00000980. The first kappa shape index (κ1) is 54.3. The van der Waals surface area contributed by atoms with Crippen molar-refractivity contribution in [1.82, 2.24) is 54.7 Å². The summed E-state index contributed by atoms with van der Waals surface area (Å²) in [6.07, 6.45) is 9.70. The molecule has 67 heavy (non-hydrogen) atoms. The van der Waals surface area contributed by atoms with Crippen molar-refractivity contribution >= 4 is 48.0 Å². The van der Waals surface area contributed by atoms with Crippen LogP contribution in [-0.4, -0.2) is 188 Å². The minimum Gasteiger partial charge on any atom is -0.481 e. The normalized spacial score (nSPS) is 16.5. The third-order valence-corrected chi connectivity index (χ3v) is 11.5. The van der Waals surface area contributed by atoms with Gasteiger partial charge < -0.3 is 60.8 Å². The van der Waals surface area contributed by atoms with Crippen molar-refractivity contribution in [3.63, 3.8) is 0 Å². The number of carbonyl (C=O) groups excluding carboxylic acids is 2. The van der Waals surface area contributed by atoms with Gasteiger partial charge in [-0.2, -0.15) is 15.0 Å². The summed E-state index contributed by atoms with van der Waals surface area (Å²) in [5, 5.41) is 39.1. The molecule has 0 saturated carbocycles. The van der Waals surface area contributed by atoms with Crippen LogP contribution >= 0.6 is 12.4 Å². The number of piperazine rings is 2. The molecule has 2 fully saturated rings. The predicted octanol–water partition coefficient (Wildman–Crippen LogP) is 0.300. The van der Waals surface area contributed by atoms with Crippen LogP contribution in [0.25, 0.3) is 0 Å². The van der Waals surface area contributed by atoms with E-state index in [1.165, 1.54) is 4.68 Å². The highest BCUT2D eigenvalue weighted by molar-refractivity contribution is 5.85. The number of aliphatic carboxylic acids is 1. The quantitative estimate of drug-likeness (QED) is 0.0507. The number of aromatic nitrogens is 9. The minimum absolute atomic E-state index is 0. The summed E-state index contributed by atoms with van der Waals surface area (Å²) < 4.78 is 19.5. The Hall–Kier alpha value is -5.29. The molecule has 3 aromatic rings. The van der Waals surface area contributed by atoms with Crippen LogP contribution in [0.2, 0.25) is 0 Å². The molecule has 24 nitrogen and oxygen atoms in total. The van der Waals surface area contributed by atoms with Crippen LogP contribution in [0.4, 0.5) is 17.8 Å². The zero-order valence-electron chi connectivity index (χ0n) is 39.1. The molecule has 0 aliphatic carbocycles. The summed E-state index contributed by atoms with van der Waals surface area (Å²) in [5.41, 5.74) is 13.3. The number of aliphatic hydroxyl groups is 1. The molecule has 2 aliphatic rings. The second-order valence-electron chi connectivity index (χ2n) is 16.8. The number of rotatable bonds is 27. The van der Waals surface area contributed by atoms with Crippen LogP contribution in [0.3, 0.4) is 0 Å². The number of carboxylic acids is 1. The lowest BCUT2D eigenvalue weighted by Gasteiger charge is -2.38. The number of carboxylic acid groups (broad SMARTS) is 1. The fourth-order valence-electron chi connectivity index (χ4n) is 7.57. The standard InChI is InChI=1S/C42H68N16O8.ClH/c1-6-19-64-21-23-66-24-22-65-20-10-45-40-46-41(55-15-11-53(12-16-55)38(62)35(8-9-36(60)61)57-26-33(49-51-57)31(43)25-29(3)4)48-42(47-40)56-17-13-54(14-18-56)39(63)37(30(5)7-2)58-27-34(50-52-58)32(44)28-59;/h1,26-27,29-32,35,37,59H,7-25,28,43-44H2,2-5H3,(H,60,61)(H,45,46,47,48);1H/t30-,31?,32?,35-,37?;/m0./s1. The molecule has 5 rings (SSSR count). The maximum Gasteiger partial charge on any atom is 0.303 e. The van der Waals surface area contributed by atoms with Crippen LogP contribution in [0.15, 0.2) is 12.4 Å². The van der Waals surface area contributed by atoms with Crippen LogP contribution in [0.5, 0.6) is 0 Å². The summed E-state index contributed by atoms with van der Waals surface area (Å²) in [7, 11) is 0. The summed E-state index contributed by atoms with van der Waals surface area (Å²) in [6.45, 7) is 13.5. The Labute approximate surface area is 397 Å². The number of hydrogen-bond acceptors (Lipinski definition) is 19. The maximum atomic E-state index is 14.1. The van der Waals surface area contributed by atoms with Crippen molar-refractivity contribution in [3.8, 4) is 12.3 Å². The lowest BCUT2D eigenvalue weighted by molar-refractivity contribution is -0.139. The SMILES string of the molecule is C#CCOCCOCCOCCNc1nc(N2CCN(C(=O)C([C@@H](C)CC)n3cc(C(N)CO)nn3)CC2)nc(N2CCN(C(=O)[C@H](CCC(=O)O)n3cc(C(N)CC(C)C)nn3)CC2)n1.Cl. The van der Waals surface area contributed by atoms with Gasteiger partial charge in [-0.3, -0.25) is 14.4 Å². The maximum absolute atomic E-state index is 14.1. The van der Waals surface area contributed by atoms with Gasteiger partial charge >= 0.3 is 5.97 Å². The average Bonchev–Trinajstić information content (AvgIpc) is 4.02. The summed E-state index contributed by atoms with van der Waals surface area (Å²) in [6, 6.07) is -2.54. The fraction of sp³-hybridized carbons (Fsp3) is 0.714. The van der Waals surface area contributed by atoms with Gasteiger partial charge in [0.05, 0.1) is 69.8 Å². The van der Waals surface area contributed by atoms with E-state index in [4.69, 9.17) is 47.1 Å². The lowest BCUT2D eigenvalue weighted by Crippen LogP contribution is -2.52. The number of anilines is 3. The van der Waals surface area contributed by atoms with Gasteiger partial charge in [-0.25, -0.2) is 9.36 Å². The summed E-state index contributed by atoms with van der Waals surface area (Å²) in [5.74, 6) is 2.51. The topological polar surface area (TPSA) is 296 Å². The molecule has 2 amide bonds. The Morgan fingerprint density at radius 3 is 1.88 bits per heavy atom. The van der Waals surface area contributed by atoms with E-state index in [2.05, 4.69) is 45.7 Å². The number of ether oxygens (including phenoxy) is 3. The van der Waals surface area contributed by atoms with Crippen LogP contribution in [-0.2, 0) is 28.6 Å². The van der Waals surface area contributed by atoms with E-state index < -0.39 is 24.1 Å². The number of nitrogens with zero attached hydrogens (tertiary/aromatic N) is 13. The second-order valence-corrected chi connectivity index (χ2v) is 16.8. The van der Waals surface area contributed by atoms with Crippen LogP contribution in [0, 0.1) is 24.2 Å². The molecule has 3 aromatic heterocycles. The van der Waals surface area contributed by atoms with Crippen LogP contribution in [0.1, 0.15) is 88.9 Å². The van der Waals surface area contributed by atoms with Crippen molar-refractivity contribution in [2.24, 2.45) is 23.3 Å². The predicted molar refractivity (Wildman–Crippen MR) is 249 cm³/mol. The van der Waals surface area contributed by atoms with E-state index in [1.807, 2.05) is 28.5 Å². The largest absolute Gasteiger partial charge is 0.481 e. The number of halogens is 1. The number of nitrogens with two attached hydrogens (primary N) is 2. The number of terminal acetylenes is 1. The summed E-state index contributed by atoms with van der Waals surface area (Å²) in [4.78, 5) is 61.8. The number of nitrogens with one attached hydrogen (secondary N) is 1. The van der Waals surface area contributed by atoms with E-state index in [1.54, 1.807) is 22.0 Å². The lowest BCUT2D eigenvalue weighted by atomic mass is 9.97. The summed E-state index contributed by atoms with van der Waals surface area (Å²) >= 11 is 0. The number of carbonyl (C=O) groups is 3. The van der Waals surface area contributed by atoms with Gasteiger partial charge in [-0.1, -0.05) is 50.5 Å². The van der Waals surface area contributed by atoms with Crippen molar-refractivity contribution in [2.45, 2.75) is 77.5 Å². The molecule has 0 aromatic carbocycles. The van der Waals surface area contributed by atoms with Gasteiger partial charge in [0.15, 0.2) is 0 Å². The Kier molecular flexibility index (Phi) is 22.3. The van der Waals surface area contributed by atoms with Gasteiger partial charge in [-0.15, -0.1) is 29.0 Å². The third kappa shape index (κ3) is 15.9. The Morgan fingerprint density at radius 1 is 0.791 bits per heavy atom. The van der Waals surface area contributed by atoms with Crippen molar-refractivity contribution in [3.05, 3.63) is 23.8 Å². The number of hydrogen-bond donors (Lipinski definition) is 5. The number of aliphatic hydroxyl groups excluding tert-OH is 1. The highest BCUT2D eigenvalue weighted by atomic mass is 35.5. The van der Waals surface area contributed by atoms with Crippen molar-refractivity contribution in [1.29, 1.82) is 0 Å². The molecule has 7 N–H and O–H groups in total. The third-order valence-electron chi connectivity index (χ3n) is 11.5. The Morgan fingerprint density at radius 2 is 1.33 bits per heavy atom. The van der Waals surface area contributed by atoms with E-state index in [9.17, 15) is 24.6 Å². The van der Waals surface area contributed by atoms with Gasteiger partial charge in [0.25, 0.3) is 0 Å². The smallest absolute Gasteiger partial charge is 0.303 e. The second kappa shape index (κ2) is 27.5. The van der Waals surface area contributed by atoms with Gasteiger partial charge in [-0.05, 0) is 24.7 Å². The first-order chi connectivity index (χ1) is 31.8. The van der Waals surface area contributed by atoms with Gasteiger partial charge in [0.1, 0.15) is 24.4 Å². The molecule has 2 aliphatic heterocycles. The molecule has 2 saturated heterocycles. The molecule has 0 spiro atoms. The fourth-order valence-corrected chi connectivity index (χ4v) is 7.57. The molecule has 0 bridgehead atoms. The molecular weight excluding hydrogens is 892 g/mol. The zero-order chi connectivity index (χ0) is 47.6. The minimum atomic E-state index is -1.02. The number of amides is 2. The molecule has 5 atom stereocenters. The van der Waals surface area contributed by atoms with Gasteiger partial charge in [0.2, 0.25) is 29.7 Å². The molecule has 5 heterocycles. The monoisotopic (exact) mass is 961 g/mol. The molecule has 3 unspecified atom stereocenters. The van der Waals surface area contributed by atoms with E-state index in [0.29, 0.717) is 134 Å². The van der Waals surface area contributed by atoms with Crippen molar-refractivity contribution in [2.75, 3.05) is 120 Å². The van der Waals surface area contributed by atoms with E-state index >= 15 is 0 Å². The average molecular weight is 962 g/mol. The highest BCUT2D eigenvalue weighted by Crippen LogP contribution is 2.27. The van der Waals surface area contributed by atoms with Crippen LogP contribution < -0.4 is 26.6 Å².